The lowest BCUT2D eigenvalue weighted by Crippen LogP contribution is -2.19. The molecule has 0 radical (unpaired) electrons. The summed E-state index contributed by atoms with van der Waals surface area (Å²) in [6.07, 6.45) is 1.53. The zero-order valence-corrected chi connectivity index (χ0v) is 21.2. The van der Waals surface area contributed by atoms with Crippen LogP contribution < -0.4 is 15.6 Å². The molecule has 0 aliphatic heterocycles. The first-order valence-electron chi connectivity index (χ1n) is 11.9. The fraction of sp³-hybridized carbons (Fsp3) is 0.222. The molecule has 0 spiro atoms. The van der Waals surface area contributed by atoms with Gasteiger partial charge < -0.3 is 10.1 Å². The van der Waals surface area contributed by atoms with Crippen LogP contribution in [0.15, 0.2) is 59.5 Å². The van der Waals surface area contributed by atoms with Gasteiger partial charge in [-0.1, -0.05) is 17.7 Å². The number of nitrogens with one attached hydrogen (secondary N) is 2. The van der Waals surface area contributed by atoms with Crippen LogP contribution in [0.4, 0.5) is 5.82 Å². The van der Waals surface area contributed by atoms with E-state index in [4.69, 9.17) is 4.74 Å². The maximum absolute atomic E-state index is 13.0. The predicted octanol–water partition coefficient (Wildman–Crippen LogP) is 4.26. The molecule has 5 rings (SSSR count). The highest BCUT2D eigenvalue weighted by Crippen LogP contribution is 2.21. The van der Waals surface area contributed by atoms with Gasteiger partial charge >= 0.3 is 0 Å². The SMILES string of the molecule is Cc1ccc(-n2ncc3c(=O)[nH]c(-n4nc(C)cc4NC(=O)c4ccc(OC(C)C)cc4)nc32)c(C)c1. The molecular weight excluding hydrogens is 470 g/mol. The van der Waals surface area contributed by atoms with Gasteiger partial charge in [-0.2, -0.15) is 19.9 Å². The fourth-order valence-electron chi connectivity index (χ4n) is 4.12. The average Bonchev–Trinajstić information content (AvgIpc) is 3.42. The minimum atomic E-state index is -0.359. The summed E-state index contributed by atoms with van der Waals surface area (Å²) in [5.74, 6) is 0.877. The molecule has 2 aromatic carbocycles. The number of fused-ring (bicyclic) bond motifs is 1. The van der Waals surface area contributed by atoms with Crippen molar-refractivity contribution in [2.24, 2.45) is 0 Å². The topological polar surface area (TPSA) is 120 Å². The molecule has 188 valence electrons. The van der Waals surface area contributed by atoms with Gasteiger partial charge in [0.15, 0.2) is 5.65 Å². The van der Waals surface area contributed by atoms with E-state index in [0.29, 0.717) is 33.9 Å². The number of aryl methyl sites for hydroxylation is 3. The number of carbonyl (C=O) groups excluding carboxylic acids is 1. The Morgan fingerprint density at radius 2 is 1.78 bits per heavy atom. The van der Waals surface area contributed by atoms with Gasteiger partial charge in [0, 0.05) is 11.6 Å². The molecular formula is C27H27N7O3. The summed E-state index contributed by atoms with van der Waals surface area (Å²) in [6, 6.07) is 14.6. The zero-order chi connectivity index (χ0) is 26.3. The molecule has 3 aromatic heterocycles. The van der Waals surface area contributed by atoms with Crippen LogP contribution in [0.25, 0.3) is 22.7 Å². The van der Waals surface area contributed by atoms with Crippen LogP contribution >= 0.6 is 0 Å². The van der Waals surface area contributed by atoms with Gasteiger partial charge in [-0.25, -0.2) is 4.68 Å². The van der Waals surface area contributed by atoms with Crippen LogP contribution in [0.2, 0.25) is 0 Å². The largest absolute Gasteiger partial charge is 0.491 e. The molecule has 10 nitrogen and oxygen atoms in total. The number of nitrogens with zero attached hydrogens (tertiary/aromatic N) is 5. The zero-order valence-electron chi connectivity index (χ0n) is 21.2. The molecule has 1 amide bonds. The Balaban J connectivity index is 1.51. The van der Waals surface area contributed by atoms with Crippen LogP contribution in [0.3, 0.4) is 0 Å². The summed E-state index contributed by atoms with van der Waals surface area (Å²) in [5.41, 5.74) is 4.06. The standard InChI is InChI=1S/C27H27N7O3/c1-15(2)37-20-9-7-19(8-10-20)25(35)29-23-13-18(5)32-34(23)27-30-24-21(26(36)31-27)14-28-33(24)22-11-6-16(3)12-17(22)4/h6-15H,1-5H3,(H,29,35)(H,30,31,36). The molecule has 0 bridgehead atoms. The van der Waals surface area contributed by atoms with Crippen LogP contribution in [-0.4, -0.2) is 41.5 Å². The number of benzene rings is 2. The Morgan fingerprint density at radius 1 is 1.03 bits per heavy atom. The minimum absolute atomic E-state index is 0.0372. The smallest absolute Gasteiger partial charge is 0.263 e. The van der Waals surface area contributed by atoms with Crippen molar-refractivity contribution in [3.8, 4) is 17.4 Å². The molecule has 0 unspecified atom stereocenters. The molecule has 0 aliphatic carbocycles. The third-order valence-corrected chi connectivity index (χ3v) is 5.77. The maximum atomic E-state index is 13.0. The van der Waals surface area contributed by atoms with Gasteiger partial charge in [0.05, 0.1) is 23.7 Å². The van der Waals surface area contributed by atoms with Crippen molar-refractivity contribution in [1.82, 2.24) is 29.5 Å². The highest BCUT2D eigenvalue weighted by Gasteiger charge is 2.18. The first-order valence-corrected chi connectivity index (χ1v) is 11.9. The second-order valence-electron chi connectivity index (χ2n) is 9.20. The first kappa shape index (κ1) is 24.0. The summed E-state index contributed by atoms with van der Waals surface area (Å²) in [5, 5.41) is 12.1. The lowest BCUT2D eigenvalue weighted by atomic mass is 10.1. The number of hydrogen-bond donors (Lipinski definition) is 2. The number of hydrogen-bond acceptors (Lipinski definition) is 6. The summed E-state index contributed by atoms with van der Waals surface area (Å²) in [4.78, 5) is 33.4. The van der Waals surface area contributed by atoms with Crippen molar-refractivity contribution in [2.75, 3.05) is 5.32 Å². The number of anilines is 1. The number of amides is 1. The van der Waals surface area contributed by atoms with Crippen molar-refractivity contribution in [1.29, 1.82) is 0 Å². The van der Waals surface area contributed by atoms with Crippen molar-refractivity contribution < 1.29 is 9.53 Å². The molecule has 0 fully saturated rings. The van der Waals surface area contributed by atoms with Gasteiger partial charge in [-0.05, 0) is 70.5 Å². The predicted molar refractivity (Wildman–Crippen MR) is 141 cm³/mol. The number of aromatic nitrogens is 6. The minimum Gasteiger partial charge on any atom is -0.491 e. The van der Waals surface area contributed by atoms with Gasteiger partial charge in [0.25, 0.3) is 11.5 Å². The Hall–Kier alpha value is -4.73. The Kier molecular flexibility index (Phi) is 6.08. The molecule has 0 saturated heterocycles. The second-order valence-corrected chi connectivity index (χ2v) is 9.20. The average molecular weight is 498 g/mol. The number of aromatic amines is 1. The number of ether oxygens (including phenoxy) is 1. The summed E-state index contributed by atoms with van der Waals surface area (Å²) in [6.45, 7) is 9.67. The van der Waals surface area contributed by atoms with Crippen LogP contribution in [0.1, 0.15) is 41.0 Å². The first-order chi connectivity index (χ1) is 17.7. The van der Waals surface area contributed by atoms with Crippen LogP contribution in [0.5, 0.6) is 5.75 Å². The summed E-state index contributed by atoms with van der Waals surface area (Å²) >= 11 is 0. The monoisotopic (exact) mass is 497 g/mol. The Morgan fingerprint density at radius 3 is 2.49 bits per heavy atom. The van der Waals surface area contributed by atoms with E-state index in [1.165, 1.54) is 10.9 Å². The molecule has 0 saturated carbocycles. The van der Waals surface area contributed by atoms with Crippen LogP contribution in [-0.2, 0) is 0 Å². The molecule has 5 aromatic rings. The van der Waals surface area contributed by atoms with E-state index in [9.17, 15) is 9.59 Å². The fourth-order valence-corrected chi connectivity index (χ4v) is 4.12. The van der Waals surface area contributed by atoms with E-state index >= 15 is 0 Å². The quantitative estimate of drug-likeness (QED) is 0.362. The van der Waals surface area contributed by atoms with E-state index in [0.717, 1.165) is 16.8 Å². The van der Waals surface area contributed by atoms with E-state index in [1.54, 1.807) is 41.9 Å². The van der Waals surface area contributed by atoms with E-state index < -0.39 is 0 Å². The molecule has 3 heterocycles. The third kappa shape index (κ3) is 4.73. The molecule has 0 aliphatic rings. The van der Waals surface area contributed by atoms with Crippen molar-refractivity contribution in [3.05, 3.63) is 87.5 Å². The van der Waals surface area contributed by atoms with Crippen LogP contribution in [0, 0.1) is 20.8 Å². The number of carbonyl (C=O) groups is 1. The highest BCUT2D eigenvalue weighted by molar-refractivity contribution is 6.04. The molecule has 2 N–H and O–H groups in total. The number of H-pyrrole nitrogens is 1. The molecule has 10 heteroatoms. The van der Waals surface area contributed by atoms with E-state index in [-0.39, 0.29) is 23.5 Å². The normalized spacial score (nSPS) is 11.3. The van der Waals surface area contributed by atoms with Gasteiger partial charge in [-0.15, -0.1) is 0 Å². The van der Waals surface area contributed by atoms with Crippen molar-refractivity contribution >= 4 is 22.8 Å². The summed E-state index contributed by atoms with van der Waals surface area (Å²) in [7, 11) is 0. The third-order valence-electron chi connectivity index (χ3n) is 5.77. The molecule has 37 heavy (non-hydrogen) atoms. The maximum Gasteiger partial charge on any atom is 0.263 e. The van der Waals surface area contributed by atoms with Gasteiger partial charge in [-0.3, -0.25) is 14.6 Å². The van der Waals surface area contributed by atoms with E-state index in [1.807, 2.05) is 45.9 Å². The van der Waals surface area contributed by atoms with E-state index in [2.05, 4.69) is 25.5 Å². The summed E-state index contributed by atoms with van der Waals surface area (Å²) < 4.78 is 8.69. The lowest BCUT2D eigenvalue weighted by Gasteiger charge is -2.11. The second kappa shape index (κ2) is 9.38. The lowest BCUT2D eigenvalue weighted by molar-refractivity contribution is 0.102. The highest BCUT2D eigenvalue weighted by atomic mass is 16.5. The Bertz CT molecular complexity index is 1680. The Labute approximate surface area is 212 Å². The van der Waals surface area contributed by atoms with Crippen molar-refractivity contribution in [2.45, 2.75) is 40.7 Å². The number of rotatable bonds is 6. The van der Waals surface area contributed by atoms with Gasteiger partial charge in [0.1, 0.15) is 17.0 Å². The van der Waals surface area contributed by atoms with Crippen molar-refractivity contribution in [3.63, 3.8) is 0 Å². The van der Waals surface area contributed by atoms with Gasteiger partial charge in [0.2, 0.25) is 5.95 Å². The molecule has 0 atom stereocenters.